The molecule has 0 aromatic heterocycles. The van der Waals surface area contributed by atoms with Crippen LogP contribution in [-0.2, 0) is 14.3 Å². The predicted molar refractivity (Wildman–Crippen MR) is 87.8 cm³/mol. The molecule has 0 saturated carbocycles. The molecule has 2 fully saturated rings. The third-order valence-electron chi connectivity index (χ3n) is 5.43. The van der Waals surface area contributed by atoms with Crippen molar-refractivity contribution < 1.29 is 24.2 Å². The van der Waals surface area contributed by atoms with E-state index < -0.39 is 29.5 Å². The van der Waals surface area contributed by atoms with Crippen molar-refractivity contribution in [3.05, 3.63) is 49.1 Å². The van der Waals surface area contributed by atoms with E-state index in [1.165, 1.54) is 0 Å². The summed E-state index contributed by atoms with van der Waals surface area (Å²) in [5.74, 6) is -2.56. The first-order chi connectivity index (χ1) is 12.0. The Morgan fingerprint density at radius 2 is 2.16 bits per heavy atom. The van der Waals surface area contributed by atoms with Crippen LogP contribution in [0.15, 0.2) is 49.1 Å². The molecule has 4 rings (SSSR count). The number of aliphatic carboxylic acids is 1. The van der Waals surface area contributed by atoms with Crippen LogP contribution in [0.4, 0.5) is 5.69 Å². The van der Waals surface area contributed by atoms with Crippen LogP contribution in [0.1, 0.15) is 6.42 Å². The Kier molecular flexibility index (Phi) is 3.47. The third kappa shape index (κ3) is 2.00. The second kappa shape index (κ2) is 5.46. The lowest BCUT2D eigenvalue weighted by atomic mass is 9.74. The zero-order valence-electron chi connectivity index (χ0n) is 13.8. The van der Waals surface area contributed by atoms with Crippen LogP contribution in [0.3, 0.4) is 0 Å². The average Bonchev–Trinajstić information content (AvgIpc) is 3.24. The van der Waals surface area contributed by atoms with Crippen molar-refractivity contribution in [1.82, 2.24) is 0 Å². The number of carboxylic acid groups (broad SMARTS) is 1. The third-order valence-corrected chi connectivity index (χ3v) is 5.43. The minimum absolute atomic E-state index is 0.252. The minimum atomic E-state index is -1.25. The van der Waals surface area contributed by atoms with Gasteiger partial charge in [0.2, 0.25) is 5.91 Å². The van der Waals surface area contributed by atoms with Gasteiger partial charge < -0.3 is 24.3 Å². The van der Waals surface area contributed by atoms with Gasteiger partial charge in [0.1, 0.15) is 11.4 Å². The first kappa shape index (κ1) is 15.9. The van der Waals surface area contributed by atoms with Gasteiger partial charge in [-0.15, -0.1) is 6.58 Å². The summed E-state index contributed by atoms with van der Waals surface area (Å²) in [5, 5.41) is 11.6. The molecule has 25 heavy (non-hydrogen) atoms. The lowest BCUT2D eigenvalue weighted by molar-refractivity contribution is -0.313. The topological polar surface area (TPSA) is 78.9 Å². The highest BCUT2D eigenvalue weighted by Gasteiger charge is 2.69. The summed E-state index contributed by atoms with van der Waals surface area (Å²) in [4.78, 5) is 26.4. The maximum absolute atomic E-state index is 13.2. The Morgan fingerprint density at radius 3 is 2.76 bits per heavy atom. The van der Waals surface area contributed by atoms with Gasteiger partial charge >= 0.3 is 0 Å². The highest BCUT2D eigenvalue weighted by Crippen LogP contribution is 2.56. The van der Waals surface area contributed by atoms with Crippen molar-refractivity contribution >= 4 is 17.6 Å². The molecule has 6 heteroatoms. The van der Waals surface area contributed by atoms with Crippen molar-refractivity contribution in [3.63, 3.8) is 0 Å². The van der Waals surface area contributed by atoms with Gasteiger partial charge in [0.05, 0.1) is 25.2 Å². The Labute approximate surface area is 145 Å². The van der Waals surface area contributed by atoms with Gasteiger partial charge in [-0.25, -0.2) is 0 Å². The van der Waals surface area contributed by atoms with Crippen molar-refractivity contribution in [1.29, 1.82) is 0 Å². The van der Waals surface area contributed by atoms with E-state index in [-0.39, 0.29) is 11.9 Å². The molecule has 2 saturated heterocycles. The van der Waals surface area contributed by atoms with Gasteiger partial charge in [0.15, 0.2) is 0 Å². The first-order valence-corrected chi connectivity index (χ1v) is 8.19. The number of nitrogens with zero attached hydrogens (tertiary/aromatic N) is 1. The molecule has 130 valence electrons. The second-order valence-corrected chi connectivity index (χ2v) is 6.56. The van der Waals surface area contributed by atoms with Gasteiger partial charge in [-0.1, -0.05) is 18.2 Å². The Bertz CT molecular complexity index is 771. The Morgan fingerprint density at radius 1 is 1.44 bits per heavy atom. The molecule has 3 aliphatic rings. The number of benzene rings is 1. The number of carbonyl (C=O) groups is 2. The minimum Gasteiger partial charge on any atom is -0.550 e. The summed E-state index contributed by atoms with van der Waals surface area (Å²) in [5.41, 5.74) is -0.264. The number of rotatable bonds is 5. The fourth-order valence-corrected chi connectivity index (χ4v) is 4.42. The van der Waals surface area contributed by atoms with Crippen LogP contribution < -0.4 is 14.7 Å². The first-order valence-electron chi connectivity index (χ1n) is 8.19. The lowest BCUT2D eigenvalue weighted by Gasteiger charge is -2.32. The van der Waals surface area contributed by atoms with Crippen LogP contribution in [0.25, 0.3) is 0 Å². The molecule has 2 bridgehead atoms. The highest BCUT2D eigenvalue weighted by molar-refractivity contribution is 6.03. The van der Waals surface area contributed by atoms with Gasteiger partial charge in [0.25, 0.3) is 0 Å². The number of ether oxygens (including phenoxy) is 2. The molecule has 3 heterocycles. The number of hydrogen-bond acceptors (Lipinski definition) is 5. The largest absolute Gasteiger partial charge is 0.550 e. The zero-order valence-corrected chi connectivity index (χ0v) is 13.8. The predicted octanol–water partition coefficient (Wildman–Crippen LogP) is 0.676. The van der Waals surface area contributed by atoms with Crippen LogP contribution >= 0.6 is 0 Å². The quantitative estimate of drug-likeness (QED) is 0.737. The maximum Gasteiger partial charge on any atom is 0.234 e. The van der Waals surface area contributed by atoms with E-state index >= 15 is 0 Å². The average molecular weight is 340 g/mol. The molecule has 1 spiro atoms. The fourth-order valence-electron chi connectivity index (χ4n) is 4.42. The zero-order chi connectivity index (χ0) is 17.8. The van der Waals surface area contributed by atoms with Crippen molar-refractivity contribution in [3.8, 4) is 5.75 Å². The lowest BCUT2D eigenvalue weighted by Crippen LogP contribution is -2.46. The number of fused-ring (bicyclic) bond motifs is 1. The van der Waals surface area contributed by atoms with Crippen LogP contribution in [-0.4, -0.2) is 36.7 Å². The number of amides is 1. The molecular formula is C19H18NO5-. The monoisotopic (exact) mass is 340 g/mol. The molecule has 0 aliphatic carbocycles. The van der Waals surface area contributed by atoms with E-state index in [2.05, 4.69) is 6.58 Å². The Hall–Kier alpha value is -2.60. The van der Waals surface area contributed by atoms with Crippen LogP contribution in [0, 0.1) is 11.8 Å². The number of anilines is 1. The molecule has 0 N–H and O–H groups in total. The number of methoxy groups -OCH3 is 1. The summed E-state index contributed by atoms with van der Waals surface area (Å²) >= 11 is 0. The Balaban J connectivity index is 1.80. The van der Waals surface area contributed by atoms with E-state index in [0.29, 0.717) is 17.9 Å². The molecule has 0 radical (unpaired) electrons. The molecule has 1 amide bonds. The van der Waals surface area contributed by atoms with Gasteiger partial charge in [0, 0.05) is 17.6 Å². The summed E-state index contributed by atoms with van der Waals surface area (Å²) in [7, 11) is 1.57. The standard InChI is InChI=1S/C19H19NO5/c1-3-4-14-19-10-9-13(25-19)15(18(22)23)16(19)17(21)20(14)11-5-7-12(24-2)8-6-11/h3,5-10,13-16H,1,4H2,2H3,(H,22,23)/p-1/t13-,14-,15-,16+,19+/m0/s1. The number of carbonyl (C=O) groups excluding carboxylic acids is 2. The summed E-state index contributed by atoms with van der Waals surface area (Å²) < 4.78 is 11.2. The maximum atomic E-state index is 13.2. The van der Waals surface area contributed by atoms with Crippen molar-refractivity contribution in [2.45, 2.75) is 24.2 Å². The van der Waals surface area contributed by atoms with E-state index in [4.69, 9.17) is 9.47 Å². The molecule has 5 atom stereocenters. The second-order valence-electron chi connectivity index (χ2n) is 6.56. The van der Waals surface area contributed by atoms with E-state index in [0.717, 1.165) is 0 Å². The van der Waals surface area contributed by atoms with E-state index in [1.807, 2.05) is 6.08 Å². The molecular weight excluding hydrogens is 322 g/mol. The summed E-state index contributed by atoms with van der Waals surface area (Å²) in [6, 6.07) is 6.76. The fraction of sp³-hybridized carbons (Fsp3) is 0.368. The van der Waals surface area contributed by atoms with Gasteiger partial charge in [-0.05, 0) is 30.7 Å². The molecule has 1 aromatic carbocycles. The van der Waals surface area contributed by atoms with Crippen LogP contribution in [0.5, 0.6) is 5.75 Å². The van der Waals surface area contributed by atoms with E-state index in [9.17, 15) is 14.7 Å². The highest BCUT2D eigenvalue weighted by atomic mass is 16.5. The normalized spacial score (nSPS) is 35.1. The van der Waals surface area contributed by atoms with Gasteiger partial charge in [-0.3, -0.25) is 4.79 Å². The number of carboxylic acids is 1. The summed E-state index contributed by atoms with van der Waals surface area (Å²) in [6.07, 6.45) is 5.19. The molecule has 3 aliphatic heterocycles. The summed E-state index contributed by atoms with van der Waals surface area (Å²) in [6.45, 7) is 3.79. The number of hydrogen-bond donors (Lipinski definition) is 0. The molecule has 1 aromatic rings. The van der Waals surface area contributed by atoms with Crippen molar-refractivity contribution in [2.75, 3.05) is 12.0 Å². The SMILES string of the molecule is C=CC[C@@H]1N(c2ccc(OC)cc2)C(=O)[C@H]2[C@@H](C(=O)[O-])[C@@H]3C=C[C@@]12O3. The smallest absolute Gasteiger partial charge is 0.234 e. The van der Waals surface area contributed by atoms with E-state index in [1.54, 1.807) is 48.4 Å². The van der Waals surface area contributed by atoms with Crippen LogP contribution in [0.2, 0.25) is 0 Å². The molecule has 6 nitrogen and oxygen atoms in total. The molecule has 0 unspecified atom stereocenters. The van der Waals surface area contributed by atoms with Gasteiger partial charge in [-0.2, -0.15) is 0 Å². The van der Waals surface area contributed by atoms with Crippen molar-refractivity contribution in [2.24, 2.45) is 11.8 Å².